The molecule has 2 heterocycles. The van der Waals surface area contributed by atoms with Crippen molar-refractivity contribution in [1.82, 2.24) is 4.90 Å². The standard InChI is InChI=1S/C22H26N2O5S/c1-14(2)29-9-6-8-24-21(25)19(18-7-5-10-30-18)20(22(24)26)23-15-11-16(27-3)13-17(12-15)28-4/h5,7,10-14,23H,6,8-9H2,1-4H3. The summed E-state index contributed by atoms with van der Waals surface area (Å²) in [5.41, 5.74) is 1.23. The van der Waals surface area contributed by atoms with E-state index in [1.807, 2.05) is 31.4 Å². The van der Waals surface area contributed by atoms with Crippen LogP contribution in [-0.2, 0) is 14.3 Å². The van der Waals surface area contributed by atoms with Gasteiger partial charge < -0.3 is 19.5 Å². The molecule has 0 atom stereocenters. The van der Waals surface area contributed by atoms with Gasteiger partial charge >= 0.3 is 0 Å². The van der Waals surface area contributed by atoms with Gasteiger partial charge in [0.25, 0.3) is 11.8 Å². The highest BCUT2D eigenvalue weighted by Crippen LogP contribution is 2.34. The molecule has 1 aliphatic rings. The van der Waals surface area contributed by atoms with Crippen LogP contribution in [0.3, 0.4) is 0 Å². The number of rotatable bonds is 10. The number of imide groups is 1. The molecule has 1 aromatic carbocycles. The molecular formula is C22H26N2O5S. The van der Waals surface area contributed by atoms with Crippen LogP contribution in [-0.4, -0.2) is 50.2 Å². The summed E-state index contributed by atoms with van der Waals surface area (Å²) in [4.78, 5) is 28.3. The van der Waals surface area contributed by atoms with Crippen LogP contribution in [0.25, 0.3) is 5.57 Å². The zero-order chi connectivity index (χ0) is 21.7. The maximum Gasteiger partial charge on any atom is 0.278 e. The number of ether oxygens (including phenoxy) is 3. The molecule has 1 aromatic heterocycles. The first-order valence-electron chi connectivity index (χ1n) is 9.70. The molecule has 0 bridgehead atoms. The third-order valence-electron chi connectivity index (χ3n) is 4.53. The summed E-state index contributed by atoms with van der Waals surface area (Å²) in [6, 6.07) is 8.93. The number of nitrogens with zero attached hydrogens (tertiary/aromatic N) is 1. The molecule has 7 nitrogen and oxygen atoms in total. The zero-order valence-electron chi connectivity index (χ0n) is 17.6. The fourth-order valence-corrected chi connectivity index (χ4v) is 3.88. The molecule has 0 fully saturated rings. The van der Waals surface area contributed by atoms with E-state index in [2.05, 4.69) is 5.32 Å². The van der Waals surface area contributed by atoms with Crippen molar-refractivity contribution in [2.45, 2.75) is 26.4 Å². The number of methoxy groups -OCH3 is 2. The molecule has 0 aliphatic carbocycles. The summed E-state index contributed by atoms with van der Waals surface area (Å²) >= 11 is 1.42. The Labute approximate surface area is 180 Å². The summed E-state index contributed by atoms with van der Waals surface area (Å²) in [6.45, 7) is 4.69. The number of anilines is 1. The normalized spacial score (nSPS) is 14.1. The highest BCUT2D eigenvalue weighted by Gasteiger charge is 2.39. The average Bonchev–Trinajstić information content (AvgIpc) is 3.33. The Morgan fingerprint density at radius 2 is 1.77 bits per heavy atom. The molecule has 1 aliphatic heterocycles. The van der Waals surface area contributed by atoms with Gasteiger partial charge in [0, 0.05) is 41.9 Å². The first kappa shape index (κ1) is 21.9. The maximum absolute atomic E-state index is 13.1. The molecule has 2 aromatic rings. The zero-order valence-corrected chi connectivity index (χ0v) is 18.4. The number of thiophene rings is 1. The second-order valence-electron chi connectivity index (χ2n) is 6.99. The lowest BCUT2D eigenvalue weighted by molar-refractivity contribution is -0.137. The van der Waals surface area contributed by atoms with Crippen molar-refractivity contribution >= 4 is 34.4 Å². The minimum Gasteiger partial charge on any atom is -0.497 e. The highest BCUT2D eigenvalue weighted by molar-refractivity contribution is 7.11. The van der Waals surface area contributed by atoms with E-state index in [0.29, 0.717) is 42.3 Å². The van der Waals surface area contributed by atoms with Crippen LogP contribution in [0.15, 0.2) is 41.4 Å². The van der Waals surface area contributed by atoms with Gasteiger partial charge in [0.05, 0.1) is 25.9 Å². The molecule has 0 saturated carbocycles. The second kappa shape index (κ2) is 9.77. The molecule has 0 saturated heterocycles. The van der Waals surface area contributed by atoms with Crippen molar-refractivity contribution in [3.8, 4) is 11.5 Å². The smallest absolute Gasteiger partial charge is 0.278 e. The lowest BCUT2D eigenvalue weighted by Crippen LogP contribution is -2.34. The molecule has 8 heteroatoms. The van der Waals surface area contributed by atoms with Crippen LogP contribution in [0.5, 0.6) is 11.5 Å². The topological polar surface area (TPSA) is 77.1 Å². The maximum atomic E-state index is 13.1. The SMILES string of the molecule is COc1cc(NC2=C(c3cccs3)C(=O)N(CCCOC(C)C)C2=O)cc(OC)c1. The van der Waals surface area contributed by atoms with E-state index in [0.717, 1.165) is 4.88 Å². The molecular weight excluding hydrogens is 404 g/mol. The number of carbonyl (C=O) groups is 2. The predicted octanol–water partition coefficient (Wildman–Crippen LogP) is 3.77. The Morgan fingerprint density at radius 1 is 1.07 bits per heavy atom. The van der Waals surface area contributed by atoms with E-state index in [1.165, 1.54) is 16.2 Å². The van der Waals surface area contributed by atoms with E-state index in [1.54, 1.807) is 32.4 Å². The lowest BCUT2D eigenvalue weighted by atomic mass is 10.2. The van der Waals surface area contributed by atoms with Crippen molar-refractivity contribution in [1.29, 1.82) is 0 Å². The van der Waals surface area contributed by atoms with Gasteiger partial charge in [-0.05, 0) is 31.7 Å². The van der Waals surface area contributed by atoms with Gasteiger partial charge in [0.2, 0.25) is 0 Å². The molecule has 0 radical (unpaired) electrons. The first-order valence-corrected chi connectivity index (χ1v) is 10.6. The summed E-state index contributed by atoms with van der Waals surface area (Å²) in [6.07, 6.45) is 0.684. The van der Waals surface area contributed by atoms with Gasteiger partial charge in [-0.1, -0.05) is 6.07 Å². The third-order valence-corrected chi connectivity index (χ3v) is 5.42. The molecule has 0 unspecified atom stereocenters. The van der Waals surface area contributed by atoms with Gasteiger partial charge in [-0.2, -0.15) is 0 Å². The Morgan fingerprint density at radius 3 is 2.33 bits per heavy atom. The molecule has 160 valence electrons. The number of nitrogens with one attached hydrogen (secondary N) is 1. The number of benzene rings is 1. The Kier molecular flexibility index (Phi) is 7.12. The van der Waals surface area contributed by atoms with Crippen molar-refractivity contribution in [3.05, 3.63) is 46.3 Å². The van der Waals surface area contributed by atoms with E-state index >= 15 is 0 Å². The molecule has 30 heavy (non-hydrogen) atoms. The largest absolute Gasteiger partial charge is 0.497 e. The van der Waals surface area contributed by atoms with Gasteiger partial charge in [0.15, 0.2) is 0 Å². The summed E-state index contributed by atoms with van der Waals surface area (Å²) in [7, 11) is 3.11. The van der Waals surface area contributed by atoms with Gasteiger partial charge in [-0.3, -0.25) is 14.5 Å². The summed E-state index contributed by atoms with van der Waals surface area (Å²) in [5.74, 6) is 0.503. The number of amides is 2. The number of hydrogen-bond acceptors (Lipinski definition) is 7. The monoisotopic (exact) mass is 430 g/mol. The van der Waals surface area contributed by atoms with E-state index in [9.17, 15) is 9.59 Å². The summed E-state index contributed by atoms with van der Waals surface area (Å²) in [5, 5.41) is 5.01. The fraction of sp³-hybridized carbons (Fsp3) is 0.364. The minimum absolute atomic E-state index is 0.107. The minimum atomic E-state index is -0.352. The third kappa shape index (κ3) is 4.83. The van der Waals surface area contributed by atoms with Crippen molar-refractivity contribution in [3.63, 3.8) is 0 Å². The fourth-order valence-electron chi connectivity index (χ4n) is 3.11. The summed E-state index contributed by atoms with van der Waals surface area (Å²) < 4.78 is 16.1. The van der Waals surface area contributed by atoms with Crippen molar-refractivity contribution in [2.75, 3.05) is 32.7 Å². The van der Waals surface area contributed by atoms with Crippen molar-refractivity contribution < 1.29 is 23.8 Å². The molecule has 2 amide bonds. The van der Waals surface area contributed by atoms with Crippen molar-refractivity contribution in [2.24, 2.45) is 0 Å². The quantitative estimate of drug-likeness (QED) is 0.457. The van der Waals surface area contributed by atoms with E-state index in [-0.39, 0.29) is 23.6 Å². The Hall–Kier alpha value is -2.84. The van der Waals surface area contributed by atoms with Gasteiger partial charge in [0.1, 0.15) is 17.2 Å². The second-order valence-corrected chi connectivity index (χ2v) is 7.94. The Balaban J connectivity index is 1.89. The van der Waals surface area contributed by atoms with Crippen LogP contribution in [0.2, 0.25) is 0 Å². The average molecular weight is 431 g/mol. The number of carbonyl (C=O) groups excluding carboxylic acids is 2. The molecule has 3 rings (SSSR count). The first-order chi connectivity index (χ1) is 14.4. The molecule has 0 spiro atoms. The number of hydrogen-bond donors (Lipinski definition) is 1. The van der Waals surface area contributed by atoms with Crippen LogP contribution >= 0.6 is 11.3 Å². The van der Waals surface area contributed by atoms with Crippen LogP contribution < -0.4 is 14.8 Å². The predicted molar refractivity (Wildman–Crippen MR) is 117 cm³/mol. The lowest BCUT2D eigenvalue weighted by Gasteiger charge is -2.16. The van der Waals surface area contributed by atoms with Crippen LogP contribution in [0, 0.1) is 0 Å². The van der Waals surface area contributed by atoms with E-state index < -0.39 is 0 Å². The Bertz CT molecular complexity index is 915. The molecule has 1 N–H and O–H groups in total. The van der Waals surface area contributed by atoms with Crippen LogP contribution in [0.1, 0.15) is 25.1 Å². The van der Waals surface area contributed by atoms with Gasteiger partial charge in [-0.15, -0.1) is 11.3 Å². The highest BCUT2D eigenvalue weighted by atomic mass is 32.1. The van der Waals surface area contributed by atoms with Gasteiger partial charge in [-0.25, -0.2) is 0 Å². The van der Waals surface area contributed by atoms with Crippen LogP contribution in [0.4, 0.5) is 5.69 Å². The van der Waals surface area contributed by atoms with E-state index in [4.69, 9.17) is 14.2 Å².